The lowest BCUT2D eigenvalue weighted by atomic mass is 9.96. The maximum Gasteiger partial charge on any atom is 0.272 e. The Morgan fingerprint density at radius 2 is 1.66 bits per heavy atom. The highest BCUT2D eigenvalue weighted by molar-refractivity contribution is 8.00. The van der Waals surface area contributed by atoms with Gasteiger partial charge in [-0.3, -0.25) is 14.4 Å². The lowest BCUT2D eigenvalue weighted by Gasteiger charge is -2.13. The van der Waals surface area contributed by atoms with Gasteiger partial charge in [0.15, 0.2) is 0 Å². The summed E-state index contributed by atoms with van der Waals surface area (Å²) in [7, 11) is 0. The van der Waals surface area contributed by atoms with Crippen LogP contribution in [0.5, 0.6) is 0 Å². The topological polar surface area (TPSA) is 111 Å². The number of fused-ring (bicyclic) bond motifs is 1. The first-order valence-corrected chi connectivity index (χ1v) is 16.3. The molecule has 44 heavy (non-hydrogen) atoms. The fourth-order valence-corrected chi connectivity index (χ4v) is 7.20. The number of aryl methyl sites for hydroxylation is 1. The molecule has 222 valence electrons. The second-order valence-electron chi connectivity index (χ2n) is 9.86. The number of nitrogens with zero attached hydrogens (tertiary/aromatic N) is 1. The molecule has 1 aromatic heterocycles. The van der Waals surface area contributed by atoms with Gasteiger partial charge in [-0.2, -0.15) is 5.26 Å². The van der Waals surface area contributed by atoms with E-state index < -0.39 is 11.8 Å². The Kier molecular flexibility index (Phi) is 10.4. The predicted molar refractivity (Wildman–Crippen MR) is 178 cm³/mol. The van der Waals surface area contributed by atoms with E-state index >= 15 is 0 Å². The highest BCUT2D eigenvalue weighted by Crippen LogP contribution is 2.38. The number of hydrogen-bond acceptors (Lipinski definition) is 6. The Balaban J connectivity index is 1.28. The van der Waals surface area contributed by atoms with Crippen LogP contribution in [-0.4, -0.2) is 23.5 Å². The number of nitrogens with one attached hydrogen (secondary N) is 3. The minimum absolute atomic E-state index is 0.0572. The maximum absolute atomic E-state index is 13.5. The summed E-state index contributed by atoms with van der Waals surface area (Å²) in [5.74, 6) is -1.16. The summed E-state index contributed by atoms with van der Waals surface area (Å²) in [4.78, 5) is 41.1. The van der Waals surface area contributed by atoms with Crippen LogP contribution >= 0.6 is 46.3 Å². The molecule has 5 rings (SSSR count). The summed E-state index contributed by atoms with van der Waals surface area (Å²) in [5, 5.41) is 19.3. The van der Waals surface area contributed by atoms with Gasteiger partial charge in [-0.05, 0) is 79.8 Å². The summed E-state index contributed by atoms with van der Waals surface area (Å²) in [6, 6.07) is 22.8. The molecule has 3 N–H and O–H groups in total. The van der Waals surface area contributed by atoms with Crippen LogP contribution in [0.4, 0.5) is 10.7 Å². The van der Waals surface area contributed by atoms with Crippen LogP contribution in [0.25, 0.3) is 6.08 Å². The quantitative estimate of drug-likeness (QED) is 0.125. The molecule has 7 nitrogen and oxygen atoms in total. The number of nitriles is 1. The van der Waals surface area contributed by atoms with Crippen molar-refractivity contribution in [2.45, 2.75) is 30.6 Å². The molecule has 0 fully saturated rings. The molecule has 0 spiro atoms. The molecule has 0 saturated carbocycles. The van der Waals surface area contributed by atoms with E-state index in [1.165, 1.54) is 34.1 Å². The van der Waals surface area contributed by atoms with Gasteiger partial charge in [0, 0.05) is 36.6 Å². The molecule has 0 radical (unpaired) electrons. The van der Waals surface area contributed by atoms with Crippen molar-refractivity contribution in [3.05, 3.63) is 116 Å². The van der Waals surface area contributed by atoms with Gasteiger partial charge in [-0.15, -0.1) is 23.1 Å². The number of benzene rings is 3. The predicted octanol–water partition coefficient (Wildman–Crippen LogP) is 7.95. The third kappa shape index (κ3) is 7.71. The molecule has 0 atom stereocenters. The zero-order valence-electron chi connectivity index (χ0n) is 23.3. The van der Waals surface area contributed by atoms with Crippen molar-refractivity contribution in [2.75, 3.05) is 16.4 Å². The second-order valence-corrected chi connectivity index (χ2v) is 12.8. The lowest BCUT2D eigenvalue weighted by Crippen LogP contribution is -2.30. The summed E-state index contributed by atoms with van der Waals surface area (Å²) in [6.45, 7) is 0. The minimum Gasteiger partial charge on any atom is -0.321 e. The fraction of sp³-hybridized carbons (Fsp3) is 0.152. The normalized spacial score (nSPS) is 12.5. The van der Waals surface area contributed by atoms with Gasteiger partial charge in [0.1, 0.15) is 16.8 Å². The smallest absolute Gasteiger partial charge is 0.272 e. The number of hydrogen-bond donors (Lipinski definition) is 3. The Labute approximate surface area is 273 Å². The van der Waals surface area contributed by atoms with Crippen molar-refractivity contribution in [3.8, 4) is 6.07 Å². The Bertz CT molecular complexity index is 1780. The van der Waals surface area contributed by atoms with Crippen LogP contribution in [0.2, 0.25) is 10.0 Å². The first-order chi connectivity index (χ1) is 21.3. The number of halogens is 2. The number of anilines is 2. The molecular weight excluding hydrogens is 635 g/mol. The summed E-state index contributed by atoms with van der Waals surface area (Å²) < 4.78 is 0. The molecule has 0 bridgehead atoms. The Hall–Kier alpha value is -4.07. The van der Waals surface area contributed by atoms with Gasteiger partial charge in [-0.1, -0.05) is 53.5 Å². The van der Waals surface area contributed by atoms with E-state index in [-0.39, 0.29) is 17.4 Å². The van der Waals surface area contributed by atoms with E-state index in [1.807, 2.05) is 6.07 Å². The molecule has 0 saturated heterocycles. The average molecular weight is 662 g/mol. The van der Waals surface area contributed by atoms with Crippen LogP contribution in [0, 0.1) is 11.3 Å². The van der Waals surface area contributed by atoms with Crippen LogP contribution in [0.3, 0.4) is 0 Å². The molecular formula is C33H26Cl2N4O3S2. The minimum atomic E-state index is -0.587. The van der Waals surface area contributed by atoms with Crippen molar-refractivity contribution >= 4 is 80.8 Å². The number of thioether (sulfide) groups is 1. The van der Waals surface area contributed by atoms with Gasteiger partial charge in [0.05, 0.1) is 11.3 Å². The third-order valence-corrected chi connectivity index (χ3v) is 9.68. The van der Waals surface area contributed by atoms with E-state index in [0.29, 0.717) is 37.4 Å². The van der Waals surface area contributed by atoms with Crippen molar-refractivity contribution in [2.24, 2.45) is 0 Å². The summed E-state index contributed by atoms with van der Waals surface area (Å²) in [5.41, 5.74) is 2.81. The number of amides is 3. The molecule has 0 aliphatic heterocycles. The number of thiophene rings is 1. The maximum atomic E-state index is 13.5. The van der Waals surface area contributed by atoms with E-state index in [0.717, 1.165) is 36.1 Å². The van der Waals surface area contributed by atoms with Gasteiger partial charge in [0.25, 0.3) is 11.8 Å². The largest absolute Gasteiger partial charge is 0.321 e. The van der Waals surface area contributed by atoms with E-state index in [9.17, 15) is 19.6 Å². The molecule has 1 aliphatic carbocycles. The van der Waals surface area contributed by atoms with Gasteiger partial charge < -0.3 is 16.0 Å². The van der Waals surface area contributed by atoms with Gasteiger partial charge in [-0.25, -0.2) is 0 Å². The molecule has 3 amide bonds. The first kappa shape index (κ1) is 31.4. The van der Waals surface area contributed by atoms with Crippen LogP contribution in [-0.2, 0) is 22.4 Å². The van der Waals surface area contributed by atoms with E-state index in [4.69, 9.17) is 23.2 Å². The second kappa shape index (κ2) is 14.6. The molecule has 1 heterocycles. The van der Waals surface area contributed by atoms with E-state index in [1.54, 1.807) is 66.7 Å². The molecule has 3 aromatic carbocycles. The zero-order valence-corrected chi connectivity index (χ0v) is 26.4. The Morgan fingerprint density at radius 1 is 0.932 bits per heavy atom. The van der Waals surface area contributed by atoms with Crippen molar-refractivity contribution in [1.82, 2.24) is 5.32 Å². The van der Waals surface area contributed by atoms with Gasteiger partial charge >= 0.3 is 0 Å². The fourth-order valence-electron chi connectivity index (χ4n) is 4.68. The van der Waals surface area contributed by atoms with Crippen molar-refractivity contribution < 1.29 is 14.4 Å². The van der Waals surface area contributed by atoms with Crippen LogP contribution in [0.15, 0.2) is 83.4 Å². The number of carbonyl (C=O) groups is 3. The van der Waals surface area contributed by atoms with Crippen LogP contribution in [0.1, 0.15) is 44.8 Å². The molecule has 1 aliphatic rings. The van der Waals surface area contributed by atoms with E-state index in [2.05, 4.69) is 22.0 Å². The standard InChI is InChI=1S/C33H26Cl2N4O3S2/c34-26-13-7-14-27(35)24(26)17-28(38-31(41)20-8-2-1-3-9-20)32(42)37-21-10-6-11-22(16-21)43-19-30(40)39-33-25(18-36)23-12-4-5-15-29(23)44-33/h1-3,6-11,13-14,16-17H,4-5,12,15,19H2,(H,37,42)(H,38,41)(H,39,40)/b28-17+. The molecule has 0 unspecified atom stereocenters. The highest BCUT2D eigenvalue weighted by Gasteiger charge is 2.22. The van der Waals surface area contributed by atoms with Crippen LogP contribution < -0.4 is 16.0 Å². The third-order valence-electron chi connectivity index (χ3n) is 6.82. The average Bonchev–Trinajstić information content (AvgIpc) is 3.38. The Morgan fingerprint density at radius 3 is 2.41 bits per heavy atom. The number of rotatable bonds is 9. The highest BCUT2D eigenvalue weighted by atomic mass is 35.5. The number of carbonyl (C=O) groups excluding carboxylic acids is 3. The lowest BCUT2D eigenvalue weighted by molar-refractivity contribution is -0.114. The zero-order chi connectivity index (χ0) is 31.1. The first-order valence-electron chi connectivity index (χ1n) is 13.7. The van der Waals surface area contributed by atoms with Crippen molar-refractivity contribution in [3.63, 3.8) is 0 Å². The summed E-state index contributed by atoms with van der Waals surface area (Å²) >= 11 is 15.5. The molecule has 4 aromatic rings. The monoisotopic (exact) mass is 660 g/mol. The molecule has 11 heteroatoms. The van der Waals surface area contributed by atoms with Gasteiger partial charge in [0.2, 0.25) is 5.91 Å². The summed E-state index contributed by atoms with van der Waals surface area (Å²) in [6.07, 6.45) is 5.39. The van der Waals surface area contributed by atoms with Crippen molar-refractivity contribution in [1.29, 1.82) is 5.26 Å². The SMILES string of the molecule is N#Cc1c(NC(=O)CSc2cccc(NC(=O)/C(=C\c3c(Cl)cccc3Cl)NC(=O)c3ccccc3)c2)sc2c1CCCC2.